The maximum atomic E-state index is 10.3. The van der Waals surface area contributed by atoms with Gasteiger partial charge in [0.2, 0.25) is 0 Å². The minimum absolute atomic E-state index is 0.0333. The van der Waals surface area contributed by atoms with Gasteiger partial charge in [-0.05, 0) is 23.2 Å². The van der Waals surface area contributed by atoms with Crippen LogP contribution in [0, 0.1) is 10.1 Å². The monoisotopic (exact) mass is 190 g/mol. The third-order valence-corrected chi connectivity index (χ3v) is 1.49. The van der Waals surface area contributed by atoms with Crippen LogP contribution in [0.5, 0.6) is 0 Å². The normalized spacial score (nSPS) is 9.71. The molecule has 0 aromatic heterocycles. The van der Waals surface area contributed by atoms with Gasteiger partial charge in [-0.3, -0.25) is 10.1 Å². The Balaban J connectivity index is 2.83. The number of benzene rings is 1. The molecule has 0 unspecified atom stereocenters. The van der Waals surface area contributed by atoms with Crippen molar-refractivity contribution >= 4 is 11.8 Å². The Labute approximate surface area is 79.3 Å². The van der Waals surface area contributed by atoms with Crippen LogP contribution in [0.2, 0.25) is 0 Å². The SMILES string of the molecule is [N-]=[N+]=N/C=C/c1ccc([N+](=O)[O-])cc1. The average Bonchev–Trinajstić information content (AvgIpc) is 2.19. The molecule has 0 aliphatic carbocycles. The van der Waals surface area contributed by atoms with Crippen molar-refractivity contribution < 1.29 is 4.92 Å². The summed E-state index contributed by atoms with van der Waals surface area (Å²) in [6, 6.07) is 5.91. The van der Waals surface area contributed by atoms with Gasteiger partial charge in [-0.15, -0.1) is 0 Å². The zero-order valence-electron chi connectivity index (χ0n) is 7.07. The first-order valence-corrected chi connectivity index (χ1v) is 3.69. The van der Waals surface area contributed by atoms with E-state index < -0.39 is 4.92 Å². The molecule has 1 aromatic carbocycles. The summed E-state index contributed by atoms with van der Waals surface area (Å²) in [6.45, 7) is 0. The quantitative estimate of drug-likeness (QED) is 0.241. The predicted molar refractivity (Wildman–Crippen MR) is 51.3 cm³/mol. The molecule has 1 aromatic rings. The van der Waals surface area contributed by atoms with Crippen molar-refractivity contribution in [1.82, 2.24) is 0 Å². The van der Waals surface area contributed by atoms with Crippen molar-refractivity contribution in [2.45, 2.75) is 0 Å². The van der Waals surface area contributed by atoms with Gasteiger partial charge in [-0.1, -0.05) is 11.2 Å². The Bertz CT molecular complexity index is 404. The number of nitro groups is 1. The lowest BCUT2D eigenvalue weighted by Crippen LogP contribution is -1.86. The van der Waals surface area contributed by atoms with Crippen LogP contribution in [0.15, 0.2) is 35.6 Å². The molecular formula is C8H6N4O2. The molecule has 0 fully saturated rings. The summed E-state index contributed by atoms with van der Waals surface area (Å²) in [4.78, 5) is 12.3. The topological polar surface area (TPSA) is 91.9 Å². The van der Waals surface area contributed by atoms with Gasteiger partial charge in [-0.25, -0.2) is 0 Å². The molecule has 1 rings (SSSR count). The van der Waals surface area contributed by atoms with E-state index >= 15 is 0 Å². The molecule has 14 heavy (non-hydrogen) atoms. The molecule has 0 aliphatic heterocycles. The van der Waals surface area contributed by atoms with Crippen LogP contribution in [-0.2, 0) is 0 Å². The molecule has 70 valence electrons. The Morgan fingerprint density at radius 3 is 2.57 bits per heavy atom. The molecule has 0 N–H and O–H groups in total. The molecule has 0 spiro atoms. The van der Waals surface area contributed by atoms with Gasteiger partial charge < -0.3 is 0 Å². The van der Waals surface area contributed by atoms with Crippen LogP contribution in [0.25, 0.3) is 16.5 Å². The van der Waals surface area contributed by atoms with Gasteiger partial charge in [0.15, 0.2) is 0 Å². The fraction of sp³-hybridized carbons (Fsp3) is 0. The smallest absolute Gasteiger partial charge is 0.258 e. The van der Waals surface area contributed by atoms with Gasteiger partial charge in [0.25, 0.3) is 5.69 Å². The highest BCUT2D eigenvalue weighted by atomic mass is 16.6. The van der Waals surface area contributed by atoms with E-state index in [0.717, 1.165) is 5.56 Å². The fourth-order valence-electron chi connectivity index (χ4n) is 0.856. The Hall–Kier alpha value is -2.33. The van der Waals surface area contributed by atoms with E-state index in [2.05, 4.69) is 10.0 Å². The number of non-ortho nitro benzene ring substituents is 1. The number of hydrogen-bond acceptors (Lipinski definition) is 3. The minimum atomic E-state index is -0.471. The average molecular weight is 190 g/mol. The highest BCUT2D eigenvalue weighted by Crippen LogP contribution is 2.12. The first-order valence-electron chi connectivity index (χ1n) is 3.69. The Kier molecular flexibility index (Phi) is 3.23. The zero-order chi connectivity index (χ0) is 10.4. The van der Waals surface area contributed by atoms with Crippen LogP contribution >= 0.6 is 0 Å². The van der Waals surface area contributed by atoms with Crippen molar-refractivity contribution in [3.8, 4) is 0 Å². The minimum Gasteiger partial charge on any atom is -0.258 e. The Morgan fingerprint density at radius 2 is 2.07 bits per heavy atom. The summed E-state index contributed by atoms with van der Waals surface area (Å²) in [5.41, 5.74) is 8.75. The standard InChI is InChI=1S/C8H6N4O2/c9-11-10-6-5-7-1-3-8(4-2-7)12(13)14/h1-6H/b6-5+. The molecule has 0 amide bonds. The van der Waals surface area contributed by atoms with E-state index in [1.807, 2.05) is 0 Å². The highest BCUT2D eigenvalue weighted by molar-refractivity contribution is 5.51. The van der Waals surface area contributed by atoms with E-state index in [1.54, 1.807) is 18.2 Å². The molecule has 0 aliphatic rings. The number of hydrogen-bond donors (Lipinski definition) is 0. The van der Waals surface area contributed by atoms with Gasteiger partial charge in [-0.2, -0.15) is 0 Å². The van der Waals surface area contributed by atoms with Gasteiger partial charge in [0.1, 0.15) is 0 Å². The number of nitrogens with zero attached hydrogens (tertiary/aromatic N) is 4. The third kappa shape index (κ3) is 2.62. The van der Waals surface area contributed by atoms with E-state index in [0.29, 0.717) is 0 Å². The van der Waals surface area contributed by atoms with E-state index in [9.17, 15) is 10.1 Å². The van der Waals surface area contributed by atoms with Crippen LogP contribution < -0.4 is 0 Å². The summed E-state index contributed by atoms with van der Waals surface area (Å²) in [5.74, 6) is 0. The van der Waals surface area contributed by atoms with Crippen LogP contribution in [0.3, 0.4) is 0 Å². The van der Waals surface area contributed by atoms with Gasteiger partial charge in [0, 0.05) is 23.2 Å². The highest BCUT2D eigenvalue weighted by Gasteiger charge is 2.01. The second-order valence-corrected chi connectivity index (χ2v) is 2.37. The number of azide groups is 1. The maximum Gasteiger partial charge on any atom is 0.269 e. The van der Waals surface area contributed by atoms with Gasteiger partial charge >= 0.3 is 0 Å². The first-order chi connectivity index (χ1) is 6.74. The lowest BCUT2D eigenvalue weighted by atomic mass is 10.2. The van der Waals surface area contributed by atoms with Crippen molar-refractivity contribution in [3.63, 3.8) is 0 Å². The van der Waals surface area contributed by atoms with Crippen molar-refractivity contribution in [2.75, 3.05) is 0 Å². The second-order valence-electron chi connectivity index (χ2n) is 2.37. The molecule has 0 bridgehead atoms. The molecule has 0 saturated heterocycles. The van der Waals surface area contributed by atoms with Crippen molar-refractivity contribution in [3.05, 3.63) is 56.6 Å². The summed E-state index contributed by atoms with van der Waals surface area (Å²) in [6.07, 6.45) is 2.84. The molecule has 0 radical (unpaired) electrons. The molecule has 6 nitrogen and oxygen atoms in total. The molecule has 0 heterocycles. The first kappa shape index (κ1) is 9.76. The summed E-state index contributed by atoms with van der Waals surface area (Å²) in [7, 11) is 0. The third-order valence-electron chi connectivity index (χ3n) is 1.49. The molecule has 0 saturated carbocycles. The summed E-state index contributed by atoms with van der Waals surface area (Å²) in [5, 5.41) is 13.5. The lowest BCUT2D eigenvalue weighted by Gasteiger charge is -1.91. The summed E-state index contributed by atoms with van der Waals surface area (Å²) < 4.78 is 0. The molecule has 6 heteroatoms. The van der Waals surface area contributed by atoms with Crippen LogP contribution in [-0.4, -0.2) is 4.92 Å². The van der Waals surface area contributed by atoms with Crippen molar-refractivity contribution in [1.29, 1.82) is 0 Å². The maximum absolute atomic E-state index is 10.3. The van der Waals surface area contributed by atoms with E-state index in [4.69, 9.17) is 5.53 Å². The number of rotatable bonds is 3. The summed E-state index contributed by atoms with van der Waals surface area (Å²) >= 11 is 0. The molecule has 0 atom stereocenters. The van der Waals surface area contributed by atoms with Crippen LogP contribution in [0.1, 0.15) is 5.56 Å². The number of nitro benzene ring substituents is 1. The lowest BCUT2D eigenvalue weighted by molar-refractivity contribution is -0.384. The predicted octanol–water partition coefficient (Wildman–Crippen LogP) is 2.88. The largest absolute Gasteiger partial charge is 0.269 e. The van der Waals surface area contributed by atoms with E-state index in [-0.39, 0.29) is 5.69 Å². The van der Waals surface area contributed by atoms with E-state index in [1.165, 1.54) is 18.3 Å². The van der Waals surface area contributed by atoms with Crippen molar-refractivity contribution in [2.24, 2.45) is 5.11 Å². The Morgan fingerprint density at radius 1 is 1.43 bits per heavy atom. The van der Waals surface area contributed by atoms with Crippen LogP contribution in [0.4, 0.5) is 5.69 Å². The molecular weight excluding hydrogens is 184 g/mol. The zero-order valence-corrected chi connectivity index (χ0v) is 7.07. The van der Waals surface area contributed by atoms with Gasteiger partial charge in [0.05, 0.1) is 4.92 Å². The second kappa shape index (κ2) is 4.64. The fourth-order valence-corrected chi connectivity index (χ4v) is 0.856.